The van der Waals surface area contributed by atoms with Gasteiger partial charge in [0.1, 0.15) is 11.4 Å². The van der Waals surface area contributed by atoms with Crippen LogP contribution in [0.1, 0.15) is 18.1 Å². The molecule has 0 saturated carbocycles. The maximum atomic E-state index is 14.0. The summed E-state index contributed by atoms with van der Waals surface area (Å²) < 4.78 is 0. The Morgan fingerprint density at radius 1 is 1.15 bits per heavy atom. The molecule has 0 spiro atoms. The highest BCUT2D eigenvalue weighted by atomic mass is 16.2. The highest BCUT2D eigenvalue weighted by Gasteiger charge is 2.33. The summed E-state index contributed by atoms with van der Waals surface area (Å²) in [7, 11) is 5.74. The summed E-state index contributed by atoms with van der Waals surface area (Å²) in [5.41, 5.74) is 4.29. The van der Waals surface area contributed by atoms with Gasteiger partial charge in [-0.05, 0) is 37.9 Å². The van der Waals surface area contributed by atoms with Crippen LogP contribution in [0.4, 0.5) is 27.9 Å². The van der Waals surface area contributed by atoms with Crippen molar-refractivity contribution >= 4 is 41.3 Å². The van der Waals surface area contributed by atoms with Crippen molar-refractivity contribution in [2.45, 2.75) is 20.0 Å². The van der Waals surface area contributed by atoms with Crippen molar-refractivity contribution in [2.24, 2.45) is 0 Å². The van der Waals surface area contributed by atoms with Gasteiger partial charge in [-0.2, -0.15) is 4.98 Å². The molecule has 1 aromatic heterocycles. The van der Waals surface area contributed by atoms with E-state index < -0.39 is 0 Å². The summed E-state index contributed by atoms with van der Waals surface area (Å²) in [6.45, 7) is 3.28. The molecule has 0 radical (unpaired) electrons. The molecule has 5 N–H and O–H groups in total. The quantitative estimate of drug-likeness (QED) is 0.212. The molecule has 0 atom stereocenters. The van der Waals surface area contributed by atoms with Crippen LogP contribution in [0.25, 0.3) is 0 Å². The monoisotopic (exact) mass is 554 g/mol. The number of quaternary nitrogens is 1. The van der Waals surface area contributed by atoms with Crippen LogP contribution in [-0.4, -0.2) is 65.6 Å². The number of fused-ring (bicyclic) bond motifs is 1. The van der Waals surface area contributed by atoms with Crippen LogP contribution < -0.4 is 20.9 Å². The number of benzene rings is 2. The normalized spacial score (nSPS) is 13.7. The number of hydrogen-bond acceptors (Lipinski definition) is 7. The number of amides is 3. The zero-order valence-electron chi connectivity index (χ0n) is 23.8. The van der Waals surface area contributed by atoms with Gasteiger partial charge in [-0.1, -0.05) is 42.5 Å². The van der Waals surface area contributed by atoms with E-state index in [2.05, 4.69) is 15.6 Å². The fraction of sp³-hybridized carbons (Fsp3) is 0.233. The largest absolute Gasteiger partial charge is 0.330 e. The Hall–Kier alpha value is -4.87. The van der Waals surface area contributed by atoms with Crippen LogP contribution in [-0.2, 0) is 17.9 Å². The first-order valence-electron chi connectivity index (χ1n) is 13.3. The van der Waals surface area contributed by atoms with Crippen molar-refractivity contribution in [1.82, 2.24) is 19.8 Å². The van der Waals surface area contributed by atoms with Gasteiger partial charge in [0.15, 0.2) is 5.82 Å². The maximum absolute atomic E-state index is 14.0. The Morgan fingerprint density at radius 3 is 2.63 bits per heavy atom. The number of nitrogens with two attached hydrogens (primary N) is 1. The molecular formula is C30H36N9O2+. The third-order valence-electron chi connectivity index (χ3n) is 6.45. The first-order valence-corrected chi connectivity index (χ1v) is 13.3. The van der Waals surface area contributed by atoms with Gasteiger partial charge in [-0.3, -0.25) is 4.79 Å². The minimum absolute atomic E-state index is 0.249. The van der Waals surface area contributed by atoms with E-state index in [-0.39, 0.29) is 17.9 Å². The summed E-state index contributed by atoms with van der Waals surface area (Å²) in [6.07, 6.45) is 6.19. The minimum Gasteiger partial charge on any atom is -0.322 e. The summed E-state index contributed by atoms with van der Waals surface area (Å²) in [4.78, 5) is 40.9. The van der Waals surface area contributed by atoms with Gasteiger partial charge < -0.3 is 31.2 Å². The molecule has 0 saturated heterocycles. The Balaban J connectivity index is 1.70. The predicted octanol–water partition coefficient (Wildman–Crippen LogP) is 3.29. The first-order chi connectivity index (χ1) is 19.8. The van der Waals surface area contributed by atoms with Gasteiger partial charge in [0.05, 0.1) is 19.3 Å². The molecule has 1 aliphatic rings. The molecule has 4 rings (SSSR count). The molecule has 11 nitrogen and oxygen atoms in total. The summed E-state index contributed by atoms with van der Waals surface area (Å²) in [5, 5.41) is 15.6. The molecular weight excluding hydrogens is 518 g/mol. The topological polar surface area (TPSA) is 134 Å². The number of rotatable bonds is 11. The van der Waals surface area contributed by atoms with Crippen LogP contribution in [0, 0.1) is 5.41 Å². The van der Waals surface area contributed by atoms with E-state index in [0.29, 0.717) is 42.5 Å². The van der Waals surface area contributed by atoms with Gasteiger partial charge in [-0.25, -0.2) is 14.7 Å². The van der Waals surface area contributed by atoms with Gasteiger partial charge in [-0.15, -0.1) is 0 Å². The average Bonchev–Trinajstić information content (AvgIpc) is 2.96. The summed E-state index contributed by atoms with van der Waals surface area (Å²) in [6, 6.07) is 16.7. The molecule has 0 unspecified atom stereocenters. The number of urea groups is 1. The Kier molecular flexibility index (Phi) is 9.56. The summed E-state index contributed by atoms with van der Waals surface area (Å²) >= 11 is 0. The highest BCUT2D eigenvalue weighted by Crippen LogP contribution is 2.35. The van der Waals surface area contributed by atoms with Crippen molar-refractivity contribution in [2.75, 3.05) is 43.2 Å². The number of nitrogens with one attached hydrogen (secondary N) is 3. The standard InChI is InChI=1S/C30H35N9O2/c1-21(32-2)26(17-31)35-29-33-18-23-20-38(19-22-10-6-5-7-11-22)30(41)39(28(23)36-29)25-13-8-12-24(16-25)34-27(40)14-9-15-37(3)4/h5-14,16-18,31-32H,15,19-20H2,1-4H3,(H,34,40)(H,33,35,36)/p+1/b14-9+,26-21+,31-17?. The second kappa shape index (κ2) is 13.5. The SMILES string of the molecule is C[NH2+]/C(C)=C(\C=N)Nc1ncc2c(n1)N(c1cccc(NC(=O)/C=C/CN(C)C)c1)C(=O)N(Cc1ccccc1)C2. The number of likely N-dealkylation sites (N-methyl/N-ethyl adjacent to an activating group) is 1. The molecule has 2 heterocycles. The zero-order chi connectivity index (χ0) is 29.4. The van der Waals surface area contributed by atoms with E-state index in [4.69, 9.17) is 10.4 Å². The molecule has 2 aromatic carbocycles. The smallest absolute Gasteiger partial charge is 0.322 e. The summed E-state index contributed by atoms with van der Waals surface area (Å²) in [5.74, 6) is 0.449. The van der Waals surface area contributed by atoms with Crippen molar-refractivity contribution in [1.29, 1.82) is 5.41 Å². The Labute approximate surface area is 240 Å². The van der Waals surface area contributed by atoms with E-state index in [1.807, 2.05) is 68.6 Å². The van der Waals surface area contributed by atoms with Crippen molar-refractivity contribution in [3.63, 3.8) is 0 Å². The second-order valence-electron chi connectivity index (χ2n) is 9.86. The molecule has 212 valence electrons. The molecule has 11 heteroatoms. The van der Waals surface area contributed by atoms with Crippen LogP contribution >= 0.6 is 0 Å². The number of allylic oxidation sites excluding steroid dienone is 2. The second-order valence-corrected chi connectivity index (χ2v) is 9.86. The third-order valence-corrected chi connectivity index (χ3v) is 6.45. The molecule has 1 aliphatic heterocycles. The number of nitrogens with zero attached hydrogens (tertiary/aromatic N) is 5. The number of hydrogen-bond donors (Lipinski definition) is 4. The number of carbonyl (C=O) groups excluding carboxylic acids is 2. The van der Waals surface area contributed by atoms with Crippen molar-refractivity contribution < 1.29 is 14.9 Å². The molecule has 0 fully saturated rings. The van der Waals surface area contributed by atoms with Crippen LogP contribution in [0.15, 0.2) is 84.3 Å². The van der Waals surface area contributed by atoms with E-state index in [9.17, 15) is 9.59 Å². The molecule has 0 bridgehead atoms. The van der Waals surface area contributed by atoms with Gasteiger partial charge >= 0.3 is 6.03 Å². The van der Waals surface area contributed by atoms with Crippen molar-refractivity contribution in [3.8, 4) is 0 Å². The first kappa shape index (κ1) is 29.1. The van der Waals surface area contributed by atoms with E-state index in [1.54, 1.807) is 46.3 Å². The van der Waals surface area contributed by atoms with Crippen LogP contribution in [0.5, 0.6) is 0 Å². The number of aromatic nitrogens is 2. The lowest BCUT2D eigenvalue weighted by Gasteiger charge is -2.36. The molecule has 3 aromatic rings. The van der Waals surface area contributed by atoms with E-state index in [1.165, 1.54) is 12.3 Å². The predicted molar refractivity (Wildman–Crippen MR) is 161 cm³/mol. The number of carbonyl (C=O) groups is 2. The van der Waals surface area contributed by atoms with Gasteiger partial charge in [0.25, 0.3) is 0 Å². The van der Waals surface area contributed by atoms with Crippen LogP contribution in [0.3, 0.4) is 0 Å². The zero-order valence-corrected chi connectivity index (χ0v) is 23.8. The molecule has 0 aliphatic carbocycles. The van der Waals surface area contributed by atoms with Crippen molar-refractivity contribution in [3.05, 3.63) is 95.5 Å². The fourth-order valence-corrected chi connectivity index (χ4v) is 4.23. The third kappa shape index (κ3) is 7.41. The molecule has 3 amide bonds. The number of anilines is 4. The van der Waals surface area contributed by atoms with Gasteiger partial charge in [0, 0.05) is 49.8 Å². The molecule has 41 heavy (non-hydrogen) atoms. The van der Waals surface area contributed by atoms with Gasteiger partial charge in [0.2, 0.25) is 11.9 Å². The lowest BCUT2D eigenvalue weighted by Crippen LogP contribution is -2.77. The van der Waals surface area contributed by atoms with E-state index >= 15 is 0 Å². The average molecular weight is 555 g/mol. The fourth-order valence-electron chi connectivity index (χ4n) is 4.23. The lowest BCUT2D eigenvalue weighted by atomic mass is 10.1. The van der Waals surface area contributed by atoms with E-state index in [0.717, 1.165) is 16.8 Å². The van der Waals surface area contributed by atoms with Crippen LogP contribution in [0.2, 0.25) is 0 Å². The Morgan fingerprint density at radius 2 is 1.93 bits per heavy atom. The maximum Gasteiger partial charge on any atom is 0.330 e. The lowest BCUT2D eigenvalue weighted by molar-refractivity contribution is -0.576. The Bertz CT molecular complexity index is 1470. The minimum atomic E-state index is -0.261. The highest BCUT2D eigenvalue weighted by molar-refractivity contribution is 6.03.